The molecule has 0 bridgehead atoms. The SMILES string of the molecule is Brc1ccc2c(c1)-c1sccc1CO2. The van der Waals surface area contributed by atoms with Gasteiger partial charge in [-0.1, -0.05) is 15.9 Å². The van der Waals surface area contributed by atoms with Gasteiger partial charge >= 0.3 is 0 Å². The average molecular weight is 267 g/mol. The molecule has 3 heteroatoms. The van der Waals surface area contributed by atoms with E-state index >= 15 is 0 Å². The van der Waals surface area contributed by atoms with Crippen LogP contribution in [0.15, 0.2) is 34.1 Å². The van der Waals surface area contributed by atoms with Gasteiger partial charge < -0.3 is 4.74 Å². The minimum atomic E-state index is 0.702. The molecule has 0 amide bonds. The van der Waals surface area contributed by atoms with Crippen molar-refractivity contribution in [3.63, 3.8) is 0 Å². The first kappa shape index (κ1) is 8.50. The maximum absolute atomic E-state index is 5.65. The summed E-state index contributed by atoms with van der Waals surface area (Å²) in [5.41, 5.74) is 2.50. The van der Waals surface area contributed by atoms with E-state index in [9.17, 15) is 0 Å². The molecule has 0 saturated carbocycles. The molecule has 1 aliphatic rings. The van der Waals surface area contributed by atoms with E-state index in [2.05, 4.69) is 33.4 Å². The molecular formula is C11H7BrOS. The molecule has 1 aromatic carbocycles. The summed E-state index contributed by atoms with van der Waals surface area (Å²) in [5, 5.41) is 2.12. The normalized spacial score (nSPS) is 12.9. The minimum absolute atomic E-state index is 0.702. The molecular weight excluding hydrogens is 260 g/mol. The highest BCUT2D eigenvalue weighted by molar-refractivity contribution is 9.10. The molecule has 0 unspecified atom stereocenters. The van der Waals surface area contributed by atoms with E-state index in [1.165, 1.54) is 16.0 Å². The Labute approximate surface area is 94.5 Å². The Morgan fingerprint density at radius 2 is 2.21 bits per heavy atom. The van der Waals surface area contributed by atoms with Gasteiger partial charge in [-0.25, -0.2) is 0 Å². The highest BCUT2D eigenvalue weighted by Crippen LogP contribution is 2.41. The second-order valence-electron chi connectivity index (χ2n) is 3.20. The van der Waals surface area contributed by atoms with E-state index in [4.69, 9.17) is 4.74 Å². The van der Waals surface area contributed by atoms with Gasteiger partial charge in [-0.15, -0.1) is 11.3 Å². The molecule has 3 rings (SSSR count). The van der Waals surface area contributed by atoms with Crippen LogP contribution < -0.4 is 4.74 Å². The average Bonchev–Trinajstić information content (AvgIpc) is 2.65. The van der Waals surface area contributed by atoms with Gasteiger partial charge in [-0.3, -0.25) is 0 Å². The van der Waals surface area contributed by atoms with Gasteiger partial charge in [0.1, 0.15) is 12.4 Å². The number of fused-ring (bicyclic) bond motifs is 3. The molecule has 0 atom stereocenters. The first-order valence-corrected chi connectivity index (χ1v) is 6.01. The Balaban J connectivity index is 2.28. The number of ether oxygens (including phenoxy) is 1. The van der Waals surface area contributed by atoms with Gasteiger partial charge in [0.25, 0.3) is 0 Å². The molecule has 0 aliphatic carbocycles. The lowest BCUT2D eigenvalue weighted by molar-refractivity contribution is 0.303. The zero-order chi connectivity index (χ0) is 9.54. The topological polar surface area (TPSA) is 9.23 Å². The van der Waals surface area contributed by atoms with Gasteiger partial charge in [0.05, 0.1) is 0 Å². The summed E-state index contributed by atoms with van der Waals surface area (Å²) in [7, 11) is 0. The first-order chi connectivity index (χ1) is 6.84. The molecule has 2 heterocycles. The Kier molecular flexibility index (Phi) is 1.89. The van der Waals surface area contributed by atoms with Crippen LogP contribution in [0.25, 0.3) is 10.4 Å². The second kappa shape index (κ2) is 3.11. The minimum Gasteiger partial charge on any atom is -0.488 e. The van der Waals surface area contributed by atoms with E-state index in [0.29, 0.717) is 6.61 Å². The Hall–Kier alpha value is -0.800. The van der Waals surface area contributed by atoms with Crippen LogP contribution in [-0.2, 0) is 6.61 Å². The second-order valence-corrected chi connectivity index (χ2v) is 5.04. The summed E-state index contributed by atoms with van der Waals surface area (Å²) in [6.07, 6.45) is 0. The number of hydrogen-bond acceptors (Lipinski definition) is 2. The van der Waals surface area contributed by atoms with Gasteiger partial charge in [-0.05, 0) is 29.6 Å². The van der Waals surface area contributed by atoms with Gasteiger partial charge in [0.2, 0.25) is 0 Å². The highest BCUT2D eigenvalue weighted by atomic mass is 79.9. The Morgan fingerprint density at radius 3 is 3.14 bits per heavy atom. The Morgan fingerprint density at radius 1 is 1.29 bits per heavy atom. The van der Waals surface area contributed by atoms with Crippen molar-refractivity contribution in [2.24, 2.45) is 0 Å². The third kappa shape index (κ3) is 1.20. The zero-order valence-electron chi connectivity index (χ0n) is 7.29. The molecule has 0 N–H and O–H groups in total. The predicted octanol–water partition coefficient (Wildman–Crippen LogP) is 4.07. The lowest BCUT2D eigenvalue weighted by atomic mass is 10.1. The van der Waals surface area contributed by atoms with Crippen molar-refractivity contribution >= 4 is 27.3 Å². The molecule has 70 valence electrons. The van der Waals surface area contributed by atoms with Gasteiger partial charge in [-0.2, -0.15) is 0 Å². The molecule has 2 aromatic rings. The van der Waals surface area contributed by atoms with Crippen molar-refractivity contribution in [3.05, 3.63) is 39.7 Å². The number of thiophene rings is 1. The van der Waals surface area contributed by atoms with Crippen molar-refractivity contribution in [3.8, 4) is 16.2 Å². The summed E-state index contributed by atoms with van der Waals surface area (Å²) in [5.74, 6) is 0.989. The van der Waals surface area contributed by atoms with Gasteiger partial charge in [0.15, 0.2) is 0 Å². The maximum atomic E-state index is 5.65. The van der Waals surface area contributed by atoms with E-state index in [1.54, 1.807) is 11.3 Å². The van der Waals surface area contributed by atoms with Crippen molar-refractivity contribution in [2.45, 2.75) is 6.61 Å². The molecule has 0 fully saturated rings. The molecule has 1 aromatic heterocycles. The smallest absolute Gasteiger partial charge is 0.128 e. The summed E-state index contributed by atoms with van der Waals surface area (Å²) in [4.78, 5) is 1.34. The number of hydrogen-bond donors (Lipinski definition) is 0. The third-order valence-corrected chi connectivity index (χ3v) is 3.80. The lowest BCUT2D eigenvalue weighted by Crippen LogP contribution is -2.02. The number of halogens is 1. The first-order valence-electron chi connectivity index (χ1n) is 4.34. The van der Waals surface area contributed by atoms with E-state index in [-0.39, 0.29) is 0 Å². The summed E-state index contributed by atoms with van der Waals surface area (Å²) in [6.45, 7) is 0.702. The van der Waals surface area contributed by atoms with Gasteiger partial charge in [0, 0.05) is 20.5 Å². The van der Waals surface area contributed by atoms with E-state index in [0.717, 1.165) is 10.2 Å². The molecule has 14 heavy (non-hydrogen) atoms. The standard InChI is InChI=1S/C11H7BrOS/c12-8-1-2-10-9(5-8)11-7(6-13-10)3-4-14-11/h1-5H,6H2. The quantitative estimate of drug-likeness (QED) is 0.699. The molecule has 1 aliphatic heterocycles. The van der Waals surface area contributed by atoms with Crippen LogP contribution in [0.3, 0.4) is 0 Å². The predicted molar refractivity (Wildman–Crippen MR) is 61.8 cm³/mol. The lowest BCUT2D eigenvalue weighted by Gasteiger charge is -2.17. The van der Waals surface area contributed by atoms with Crippen molar-refractivity contribution in [1.29, 1.82) is 0 Å². The van der Waals surface area contributed by atoms with Crippen LogP contribution in [0.4, 0.5) is 0 Å². The number of rotatable bonds is 0. The summed E-state index contributed by atoms with van der Waals surface area (Å²) >= 11 is 5.26. The molecule has 0 saturated heterocycles. The molecule has 1 nitrogen and oxygen atoms in total. The van der Waals surface area contributed by atoms with Crippen molar-refractivity contribution in [1.82, 2.24) is 0 Å². The molecule has 0 radical (unpaired) electrons. The fourth-order valence-corrected chi connectivity index (χ4v) is 2.94. The van der Waals surface area contributed by atoms with E-state index in [1.807, 2.05) is 12.1 Å². The van der Waals surface area contributed by atoms with E-state index < -0.39 is 0 Å². The van der Waals surface area contributed by atoms with Crippen LogP contribution >= 0.6 is 27.3 Å². The Bertz CT molecular complexity index is 490. The summed E-state index contributed by atoms with van der Waals surface area (Å²) < 4.78 is 6.75. The largest absolute Gasteiger partial charge is 0.488 e. The maximum Gasteiger partial charge on any atom is 0.128 e. The fraction of sp³-hybridized carbons (Fsp3) is 0.0909. The van der Waals surface area contributed by atoms with Crippen LogP contribution in [0, 0.1) is 0 Å². The van der Waals surface area contributed by atoms with Crippen molar-refractivity contribution in [2.75, 3.05) is 0 Å². The van der Waals surface area contributed by atoms with Crippen molar-refractivity contribution < 1.29 is 4.74 Å². The van der Waals surface area contributed by atoms with Crippen LogP contribution in [0.1, 0.15) is 5.56 Å². The zero-order valence-corrected chi connectivity index (χ0v) is 9.69. The fourth-order valence-electron chi connectivity index (χ4n) is 1.65. The van der Waals surface area contributed by atoms with Crippen LogP contribution in [-0.4, -0.2) is 0 Å². The summed E-state index contributed by atoms with van der Waals surface area (Å²) in [6, 6.07) is 8.27. The third-order valence-electron chi connectivity index (χ3n) is 2.32. The molecule has 0 spiro atoms. The monoisotopic (exact) mass is 266 g/mol. The highest BCUT2D eigenvalue weighted by Gasteiger charge is 2.17. The van der Waals surface area contributed by atoms with Crippen LogP contribution in [0.5, 0.6) is 5.75 Å². The number of benzene rings is 1. The van der Waals surface area contributed by atoms with Crippen LogP contribution in [0.2, 0.25) is 0 Å².